The van der Waals surface area contributed by atoms with E-state index in [0.29, 0.717) is 35.9 Å². The van der Waals surface area contributed by atoms with Crippen LogP contribution in [0.3, 0.4) is 0 Å². The fourth-order valence-electron chi connectivity index (χ4n) is 3.39. The Bertz CT molecular complexity index is 1390. The molecule has 0 spiro atoms. The Kier molecular flexibility index (Phi) is 6.43. The molecule has 0 bridgehead atoms. The normalized spacial score (nSPS) is 14.6. The maximum atomic E-state index is 13.0. The highest BCUT2D eigenvalue weighted by atomic mass is 35.5. The molecule has 1 atom stereocenters. The number of carbonyl (C=O) groups is 1. The first-order chi connectivity index (χ1) is 16.1. The van der Waals surface area contributed by atoms with Gasteiger partial charge < -0.3 is 5.32 Å². The van der Waals surface area contributed by atoms with E-state index in [1.807, 2.05) is 19.9 Å². The number of hydrogen-bond acceptors (Lipinski definition) is 7. The van der Waals surface area contributed by atoms with Crippen molar-refractivity contribution in [3.05, 3.63) is 64.3 Å². The standard InChI is InChI=1S/C23H23ClN6O3S/c1-13(2)21-28-22(30(29-21)20-7-4-15(11-25)12-26-20)14(3)27-23(31)16-8-17(24)10-19(9-16)34(32,33)18-5-6-18/h4,7-10,12-14,18H,5-6H2,1-3H3,(H,27,31)/t14-/m0/s1. The third-order valence-electron chi connectivity index (χ3n) is 5.42. The van der Waals surface area contributed by atoms with E-state index in [1.54, 1.807) is 19.1 Å². The van der Waals surface area contributed by atoms with Crippen molar-refractivity contribution < 1.29 is 13.2 Å². The summed E-state index contributed by atoms with van der Waals surface area (Å²) in [4.78, 5) is 22.0. The lowest BCUT2D eigenvalue weighted by atomic mass is 10.2. The molecule has 34 heavy (non-hydrogen) atoms. The van der Waals surface area contributed by atoms with Crippen LogP contribution < -0.4 is 5.32 Å². The summed E-state index contributed by atoms with van der Waals surface area (Å²) in [6, 6.07) is 8.87. The van der Waals surface area contributed by atoms with Crippen molar-refractivity contribution in [2.24, 2.45) is 0 Å². The van der Waals surface area contributed by atoms with Gasteiger partial charge >= 0.3 is 0 Å². The van der Waals surface area contributed by atoms with Crippen molar-refractivity contribution in [2.45, 2.75) is 55.7 Å². The van der Waals surface area contributed by atoms with Gasteiger partial charge in [-0.15, -0.1) is 5.10 Å². The van der Waals surface area contributed by atoms with Crippen LogP contribution in [0, 0.1) is 11.3 Å². The van der Waals surface area contributed by atoms with E-state index >= 15 is 0 Å². The highest BCUT2D eigenvalue weighted by Crippen LogP contribution is 2.34. The molecule has 1 amide bonds. The second-order valence-corrected chi connectivity index (χ2v) is 11.2. The number of rotatable bonds is 7. The first-order valence-corrected chi connectivity index (χ1v) is 12.7. The second-order valence-electron chi connectivity index (χ2n) is 8.53. The van der Waals surface area contributed by atoms with Crippen molar-refractivity contribution in [2.75, 3.05) is 0 Å². The number of benzene rings is 1. The number of halogens is 1. The van der Waals surface area contributed by atoms with E-state index in [2.05, 4.69) is 20.4 Å². The zero-order chi connectivity index (χ0) is 24.6. The molecule has 4 rings (SSSR count). The molecule has 1 aromatic carbocycles. The van der Waals surface area contributed by atoms with Crippen molar-refractivity contribution >= 4 is 27.3 Å². The van der Waals surface area contributed by atoms with Gasteiger partial charge in [-0.1, -0.05) is 25.4 Å². The van der Waals surface area contributed by atoms with Crippen LogP contribution in [0.1, 0.15) is 73.1 Å². The van der Waals surface area contributed by atoms with Crippen LogP contribution >= 0.6 is 11.6 Å². The zero-order valence-corrected chi connectivity index (χ0v) is 20.4. The van der Waals surface area contributed by atoms with E-state index in [0.717, 1.165) is 0 Å². The number of carbonyl (C=O) groups excluding carboxylic acids is 1. The summed E-state index contributed by atoms with van der Waals surface area (Å²) in [5.74, 6) is 1.01. The SMILES string of the molecule is CC(C)c1nc([C@H](C)NC(=O)c2cc(Cl)cc(S(=O)(=O)C3CC3)c2)n(-c2ccc(C#N)cn2)n1. The van der Waals surface area contributed by atoms with Gasteiger partial charge in [-0.3, -0.25) is 4.79 Å². The highest BCUT2D eigenvalue weighted by Gasteiger charge is 2.37. The smallest absolute Gasteiger partial charge is 0.251 e. The molecule has 2 aromatic heterocycles. The molecule has 2 heterocycles. The lowest BCUT2D eigenvalue weighted by Gasteiger charge is -2.15. The van der Waals surface area contributed by atoms with Crippen LogP contribution in [0.4, 0.5) is 0 Å². The Labute approximate surface area is 202 Å². The molecule has 1 N–H and O–H groups in total. The van der Waals surface area contributed by atoms with Crippen LogP contribution in [0.15, 0.2) is 41.4 Å². The molecule has 1 saturated carbocycles. The molecule has 11 heteroatoms. The van der Waals surface area contributed by atoms with Gasteiger partial charge in [-0.25, -0.2) is 18.4 Å². The predicted molar refractivity (Wildman–Crippen MR) is 125 cm³/mol. The number of nitrogens with zero attached hydrogens (tertiary/aromatic N) is 5. The average Bonchev–Trinajstić information content (AvgIpc) is 3.57. The molecule has 9 nitrogen and oxygen atoms in total. The molecule has 0 radical (unpaired) electrons. The number of aromatic nitrogens is 4. The number of sulfone groups is 1. The summed E-state index contributed by atoms with van der Waals surface area (Å²) in [6.45, 7) is 5.65. The minimum absolute atomic E-state index is 0.0319. The van der Waals surface area contributed by atoms with Gasteiger partial charge in [0.15, 0.2) is 27.3 Å². The summed E-state index contributed by atoms with van der Waals surface area (Å²) in [5, 5.41) is 16.2. The number of nitriles is 1. The summed E-state index contributed by atoms with van der Waals surface area (Å²) >= 11 is 6.14. The Morgan fingerprint density at radius 2 is 1.97 bits per heavy atom. The lowest BCUT2D eigenvalue weighted by molar-refractivity contribution is 0.0937. The van der Waals surface area contributed by atoms with Crippen LogP contribution in [0.25, 0.3) is 5.82 Å². The Morgan fingerprint density at radius 3 is 2.56 bits per heavy atom. The Hall–Kier alpha value is -3.29. The highest BCUT2D eigenvalue weighted by molar-refractivity contribution is 7.92. The van der Waals surface area contributed by atoms with Crippen molar-refractivity contribution in [1.29, 1.82) is 5.26 Å². The second kappa shape index (κ2) is 9.16. The van der Waals surface area contributed by atoms with Gasteiger partial charge in [0.05, 0.1) is 21.8 Å². The minimum Gasteiger partial charge on any atom is -0.342 e. The molecule has 0 saturated heterocycles. The molecule has 1 fully saturated rings. The van der Waals surface area contributed by atoms with Crippen LogP contribution in [0.5, 0.6) is 0 Å². The first-order valence-electron chi connectivity index (χ1n) is 10.8. The topological polar surface area (TPSA) is 131 Å². The van der Waals surface area contributed by atoms with Gasteiger partial charge in [0.2, 0.25) is 0 Å². The fraction of sp³-hybridized carbons (Fsp3) is 0.348. The molecular weight excluding hydrogens is 476 g/mol. The molecular formula is C23H23ClN6O3S. The summed E-state index contributed by atoms with van der Waals surface area (Å²) in [5.41, 5.74) is 0.555. The molecule has 1 aliphatic rings. The number of amides is 1. The Balaban J connectivity index is 1.64. The first kappa shape index (κ1) is 23.9. The molecule has 0 aliphatic heterocycles. The molecule has 176 valence electrons. The lowest BCUT2D eigenvalue weighted by Crippen LogP contribution is -2.29. The zero-order valence-electron chi connectivity index (χ0n) is 18.9. The summed E-state index contributed by atoms with van der Waals surface area (Å²) < 4.78 is 26.8. The Morgan fingerprint density at radius 1 is 1.24 bits per heavy atom. The average molecular weight is 499 g/mol. The summed E-state index contributed by atoms with van der Waals surface area (Å²) in [6.07, 6.45) is 2.67. The van der Waals surface area contributed by atoms with E-state index in [4.69, 9.17) is 16.9 Å². The van der Waals surface area contributed by atoms with E-state index in [-0.39, 0.29) is 21.4 Å². The van der Waals surface area contributed by atoms with Crippen LogP contribution in [0.2, 0.25) is 5.02 Å². The molecule has 1 aliphatic carbocycles. The van der Waals surface area contributed by atoms with E-state index in [9.17, 15) is 13.2 Å². The monoisotopic (exact) mass is 498 g/mol. The summed E-state index contributed by atoms with van der Waals surface area (Å²) in [7, 11) is -3.50. The largest absolute Gasteiger partial charge is 0.342 e. The quantitative estimate of drug-likeness (QED) is 0.525. The van der Waals surface area contributed by atoms with Crippen molar-refractivity contribution in [3.63, 3.8) is 0 Å². The van der Waals surface area contributed by atoms with Crippen molar-refractivity contribution in [1.82, 2.24) is 25.1 Å². The van der Waals surface area contributed by atoms with Gasteiger partial charge in [0, 0.05) is 22.7 Å². The van der Waals surface area contributed by atoms with Crippen LogP contribution in [-0.2, 0) is 9.84 Å². The maximum absolute atomic E-state index is 13.0. The molecule has 0 unspecified atom stereocenters. The third-order valence-corrected chi connectivity index (χ3v) is 7.88. The van der Waals surface area contributed by atoms with Gasteiger partial charge in [-0.05, 0) is 50.1 Å². The fourth-order valence-corrected chi connectivity index (χ4v) is 5.41. The van der Waals surface area contributed by atoms with Crippen LogP contribution in [-0.4, -0.2) is 39.3 Å². The predicted octanol–water partition coefficient (Wildman–Crippen LogP) is 3.74. The van der Waals surface area contributed by atoms with Gasteiger partial charge in [0.25, 0.3) is 5.91 Å². The van der Waals surface area contributed by atoms with Crippen molar-refractivity contribution in [3.8, 4) is 11.9 Å². The number of pyridine rings is 1. The maximum Gasteiger partial charge on any atom is 0.251 e. The third kappa shape index (κ3) is 4.81. The van der Waals surface area contributed by atoms with E-state index in [1.165, 1.54) is 29.1 Å². The van der Waals surface area contributed by atoms with E-state index < -0.39 is 27.0 Å². The minimum atomic E-state index is -3.50. The number of nitrogens with one attached hydrogen (secondary N) is 1. The molecule has 3 aromatic rings. The number of hydrogen-bond donors (Lipinski definition) is 1. The van der Waals surface area contributed by atoms with Gasteiger partial charge in [-0.2, -0.15) is 9.94 Å². The van der Waals surface area contributed by atoms with Gasteiger partial charge in [0.1, 0.15) is 6.07 Å².